The van der Waals surface area contributed by atoms with Crippen molar-refractivity contribution in [1.29, 1.82) is 0 Å². The number of rotatable bonds is 2. The summed E-state index contributed by atoms with van der Waals surface area (Å²) in [4.78, 5) is 13.1. The van der Waals surface area contributed by atoms with Crippen LogP contribution in [0.4, 0.5) is 22.0 Å². The average molecular weight is 471 g/mol. The van der Waals surface area contributed by atoms with Gasteiger partial charge < -0.3 is 0 Å². The van der Waals surface area contributed by atoms with Gasteiger partial charge in [-0.2, -0.15) is 23.0 Å². The molecule has 0 amide bonds. The van der Waals surface area contributed by atoms with Crippen LogP contribution in [0.1, 0.15) is 15.9 Å². The summed E-state index contributed by atoms with van der Waals surface area (Å²) in [6.45, 7) is 0. The number of carbonyl (C=O) groups is 1. The molecule has 4 rings (SSSR count). The number of hydrogen-bond donors (Lipinski definition) is 0. The topological polar surface area (TPSA) is 34.9 Å². The predicted octanol–water partition coefficient (Wildman–Crippen LogP) is 7.00. The zero-order valence-electron chi connectivity index (χ0n) is 15.1. The predicted molar refractivity (Wildman–Crippen MR) is 106 cm³/mol. The van der Waals surface area contributed by atoms with Crippen molar-refractivity contribution >= 4 is 40.0 Å². The number of halogens is 7. The van der Waals surface area contributed by atoms with E-state index in [9.17, 15) is 26.7 Å². The third-order valence-electron chi connectivity index (χ3n) is 4.57. The van der Waals surface area contributed by atoms with Crippen LogP contribution in [0.15, 0.2) is 54.6 Å². The molecule has 31 heavy (non-hydrogen) atoms. The fourth-order valence-corrected chi connectivity index (χ4v) is 3.66. The van der Waals surface area contributed by atoms with Gasteiger partial charge in [-0.25, -0.2) is 8.78 Å². The lowest BCUT2D eigenvalue weighted by molar-refractivity contribution is -0.137. The summed E-state index contributed by atoms with van der Waals surface area (Å²) >= 11 is 11.8. The number of aromatic nitrogens is 2. The SMILES string of the molecule is O=C(c1c(Cl)cccc1C(F)(F)F)n1nc(-c2cc(Cl)ccc2F)c2c(F)cccc21. The van der Waals surface area contributed by atoms with Gasteiger partial charge in [-0.3, -0.25) is 4.79 Å². The molecule has 0 aliphatic carbocycles. The van der Waals surface area contributed by atoms with Crippen molar-refractivity contribution in [3.8, 4) is 11.3 Å². The number of hydrogen-bond acceptors (Lipinski definition) is 2. The molecule has 0 N–H and O–H groups in total. The van der Waals surface area contributed by atoms with Gasteiger partial charge in [0.05, 0.1) is 27.1 Å². The van der Waals surface area contributed by atoms with Crippen LogP contribution in [0.25, 0.3) is 22.2 Å². The van der Waals surface area contributed by atoms with Crippen LogP contribution in [0.2, 0.25) is 10.0 Å². The number of nitrogens with zero attached hydrogens (tertiary/aromatic N) is 2. The fraction of sp³-hybridized carbons (Fsp3) is 0.0476. The van der Waals surface area contributed by atoms with Gasteiger partial charge in [-0.05, 0) is 42.5 Å². The summed E-state index contributed by atoms with van der Waals surface area (Å²) in [6, 6.07) is 9.92. The van der Waals surface area contributed by atoms with Crippen LogP contribution in [0.5, 0.6) is 0 Å². The van der Waals surface area contributed by atoms with E-state index < -0.39 is 39.9 Å². The van der Waals surface area contributed by atoms with Crippen LogP contribution < -0.4 is 0 Å². The zero-order valence-corrected chi connectivity index (χ0v) is 16.7. The molecule has 0 saturated carbocycles. The molecular weight excluding hydrogens is 462 g/mol. The molecule has 158 valence electrons. The second-order valence-electron chi connectivity index (χ2n) is 6.48. The van der Waals surface area contributed by atoms with Crippen LogP contribution in [-0.4, -0.2) is 15.7 Å². The van der Waals surface area contributed by atoms with E-state index in [0.717, 1.165) is 24.3 Å². The highest BCUT2D eigenvalue weighted by atomic mass is 35.5. The fourth-order valence-electron chi connectivity index (χ4n) is 3.23. The molecule has 0 bridgehead atoms. The summed E-state index contributed by atoms with van der Waals surface area (Å²) in [5, 5.41) is 3.37. The maximum absolute atomic E-state index is 14.7. The third-order valence-corrected chi connectivity index (χ3v) is 5.12. The Hall–Kier alpha value is -2.97. The molecule has 3 nitrogen and oxygen atoms in total. The van der Waals surface area contributed by atoms with Gasteiger partial charge in [-0.1, -0.05) is 35.3 Å². The summed E-state index contributed by atoms with van der Waals surface area (Å²) in [5.74, 6) is -2.90. The van der Waals surface area contributed by atoms with Gasteiger partial charge >= 0.3 is 6.18 Å². The molecular formula is C21H9Cl2F5N2O. The minimum Gasteiger partial charge on any atom is -0.267 e. The molecule has 0 aliphatic rings. The monoisotopic (exact) mass is 470 g/mol. The normalized spacial score (nSPS) is 11.8. The number of fused-ring (bicyclic) bond motifs is 1. The van der Waals surface area contributed by atoms with Gasteiger partial charge in [0, 0.05) is 10.6 Å². The van der Waals surface area contributed by atoms with Crippen molar-refractivity contribution in [3.63, 3.8) is 0 Å². The lowest BCUT2D eigenvalue weighted by Crippen LogP contribution is -2.20. The largest absolute Gasteiger partial charge is 0.417 e. The molecule has 0 atom stereocenters. The maximum Gasteiger partial charge on any atom is 0.417 e. The second kappa shape index (κ2) is 7.62. The summed E-state index contributed by atoms with van der Waals surface area (Å²) < 4.78 is 70.1. The van der Waals surface area contributed by atoms with E-state index in [2.05, 4.69) is 5.10 Å². The first kappa shape index (κ1) is 21.3. The van der Waals surface area contributed by atoms with Crippen molar-refractivity contribution in [1.82, 2.24) is 9.78 Å². The van der Waals surface area contributed by atoms with E-state index >= 15 is 0 Å². The van der Waals surface area contributed by atoms with Crippen LogP contribution >= 0.6 is 23.2 Å². The zero-order chi connectivity index (χ0) is 22.5. The average Bonchev–Trinajstić information content (AvgIpc) is 3.09. The van der Waals surface area contributed by atoms with Gasteiger partial charge in [-0.15, -0.1) is 0 Å². The van der Waals surface area contributed by atoms with E-state index in [1.807, 2.05) is 0 Å². The highest BCUT2D eigenvalue weighted by Gasteiger charge is 2.37. The van der Waals surface area contributed by atoms with Crippen molar-refractivity contribution in [2.24, 2.45) is 0 Å². The van der Waals surface area contributed by atoms with Gasteiger partial charge in [0.1, 0.15) is 17.3 Å². The quantitative estimate of drug-likeness (QED) is 0.295. The van der Waals surface area contributed by atoms with Crippen molar-refractivity contribution in [2.45, 2.75) is 6.18 Å². The summed E-state index contributed by atoms with van der Waals surface area (Å²) in [5.41, 5.74) is -2.80. The molecule has 10 heteroatoms. The highest BCUT2D eigenvalue weighted by molar-refractivity contribution is 6.34. The Labute approximate surface area is 181 Å². The molecule has 1 heterocycles. The summed E-state index contributed by atoms with van der Waals surface area (Å²) in [7, 11) is 0. The molecule has 4 aromatic rings. The Morgan fingerprint density at radius 1 is 0.935 bits per heavy atom. The first-order valence-corrected chi connectivity index (χ1v) is 9.38. The third kappa shape index (κ3) is 3.66. The number of alkyl halides is 3. The molecule has 0 saturated heterocycles. The first-order valence-electron chi connectivity index (χ1n) is 8.62. The van der Waals surface area contributed by atoms with Gasteiger partial charge in [0.25, 0.3) is 5.91 Å². The Bertz CT molecular complexity index is 1350. The lowest BCUT2D eigenvalue weighted by Gasteiger charge is -2.13. The van der Waals surface area contributed by atoms with E-state index in [-0.39, 0.29) is 27.2 Å². The molecule has 0 radical (unpaired) electrons. The van der Waals surface area contributed by atoms with E-state index in [4.69, 9.17) is 23.2 Å². The standard InChI is InChI=1S/C21H9Cl2F5N2O/c22-10-7-8-14(24)11(9-10)19-18-15(25)5-2-6-16(18)30(29-19)20(31)17-12(21(26,27)28)3-1-4-13(17)23/h1-9H. The highest BCUT2D eigenvalue weighted by Crippen LogP contribution is 2.37. The van der Waals surface area contributed by atoms with Crippen molar-refractivity contribution < 1.29 is 26.7 Å². The molecule has 3 aromatic carbocycles. The Morgan fingerprint density at radius 3 is 2.35 bits per heavy atom. The Morgan fingerprint density at radius 2 is 1.65 bits per heavy atom. The van der Waals surface area contributed by atoms with E-state index in [0.29, 0.717) is 10.7 Å². The molecule has 0 unspecified atom stereocenters. The minimum atomic E-state index is -4.88. The van der Waals surface area contributed by atoms with E-state index in [1.165, 1.54) is 24.3 Å². The van der Waals surface area contributed by atoms with Crippen molar-refractivity contribution in [3.05, 3.63) is 87.4 Å². The molecule has 1 aromatic heterocycles. The minimum absolute atomic E-state index is 0.118. The lowest BCUT2D eigenvalue weighted by atomic mass is 10.1. The van der Waals surface area contributed by atoms with Crippen LogP contribution in [0.3, 0.4) is 0 Å². The maximum atomic E-state index is 14.7. The molecule has 0 aliphatic heterocycles. The number of benzene rings is 3. The molecule has 0 fully saturated rings. The second-order valence-corrected chi connectivity index (χ2v) is 7.33. The van der Waals surface area contributed by atoms with Gasteiger partial charge in [0.15, 0.2) is 0 Å². The number of carbonyl (C=O) groups excluding carboxylic acids is 1. The van der Waals surface area contributed by atoms with Crippen LogP contribution in [-0.2, 0) is 6.18 Å². The smallest absolute Gasteiger partial charge is 0.267 e. The van der Waals surface area contributed by atoms with Gasteiger partial charge in [0.2, 0.25) is 0 Å². The Balaban J connectivity index is 2.03. The Kier molecular flexibility index (Phi) is 5.23. The van der Waals surface area contributed by atoms with Crippen LogP contribution in [0, 0.1) is 11.6 Å². The molecule has 0 spiro atoms. The van der Waals surface area contributed by atoms with Crippen molar-refractivity contribution in [2.75, 3.05) is 0 Å². The summed E-state index contributed by atoms with van der Waals surface area (Å²) in [6.07, 6.45) is -4.88. The first-order chi connectivity index (χ1) is 14.6. The van der Waals surface area contributed by atoms with E-state index in [1.54, 1.807) is 0 Å².